The summed E-state index contributed by atoms with van der Waals surface area (Å²) in [5.74, 6) is 0.928. The van der Waals surface area contributed by atoms with Crippen LogP contribution in [0.4, 0.5) is 0 Å². The Bertz CT molecular complexity index is 443. The molecule has 0 N–H and O–H groups in total. The van der Waals surface area contributed by atoms with Crippen molar-refractivity contribution in [1.82, 2.24) is 9.78 Å². The lowest BCUT2D eigenvalue weighted by atomic mass is 10.1. The summed E-state index contributed by atoms with van der Waals surface area (Å²) in [5, 5.41) is 3.96. The molecule has 78 valence electrons. The SMILES string of the molecule is Cn1nccc1C(=O)CCc1ccco1. The van der Waals surface area contributed by atoms with Crippen LogP contribution in [0.15, 0.2) is 35.1 Å². The Morgan fingerprint density at radius 3 is 3.00 bits per heavy atom. The van der Waals surface area contributed by atoms with Crippen molar-refractivity contribution in [2.45, 2.75) is 12.8 Å². The predicted octanol–water partition coefficient (Wildman–Crippen LogP) is 1.83. The average molecular weight is 204 g/mol. The van der Waals surface area contributed by atoms with Crippen LogP contribution in [0.3, 0.4) is 0 Å². The predicted molar refractivity (Wildman–Crippen MR) is 54.6 cm³/mol. The molecule has 4 heteroatoms. The normalized spacial score (nSPS) is 10.5. The standard InChI is InChI=1S/C11H12N2O2/c1-13-10(6-7-12-13)11(14)5-4-9-3-2-8-15-9/h2-3,6-8H,4-5H2,1H3. The molecule has 0 spiro atoms. The highest BCUT2D eigenvalue weighted by Gasteiger charge is 2.10. The number of furan rings is 1. The summed E-state index contributed by atoms with van der Waals surface area (Å²) in [5.41, 5.74) is 0.640. The van der Waals surface area contributed by atoms with Crippen LogP contribution in [0.2, 0.25) is 0 Å². The van der Waals surface area contributed by atoms with Crippen molar-refractivity contribution in [3.05, 3.63) is 42.1 Å². The van der Waals surface area contributed by atoms with E-state index in [0.29, 0.717) is 18.5 Å². The molecule has 2 rings (SSSR count). The van der Waals surface area contributed by atoms with Crippen molar-refractivity contribution in [1.29, 1.82) is 0 Å². The van der Waals surface area contributed by atoms with Crippen LogP contribution >= 0.6 is 0 Å². The number of Topliss-reactive ketones (excluding diaryl/α,β-unsaturated/α-hetero) is 1. The Kier molecular flexibility index (Phi) is 2.67. The first-order valence-corrected chi connectivity index (χ1v) is 4.81. The van der Waals surface area contributed by atoms with E-state index < -0.39 is 0 Å². The van der Waals surface area contributed by atoms with E-state index in [2.05, 4.69) is 5.10 Å². The molecule has 0 aliphatic rings. The number of carbonyl (C=O) groups is 1. The van der Waals surface area contributed by atoms with Gasteiger partial charge in [-0.2, -0.15) is 5.10 Å². The van der Waals surface area contributed by atoms with Crippen LogP contribution in [-0.2, 0) is 13.5 Å². The van der Waals surface area contributed by atoms with Crippen molar-refractivity contribution >= 4 is 5.78 Å². The lowest BCUT2D eigenvalue weighted by molar-refractivity contribution is 0.0972. The van der Waals surface area contributed by atoms with Crippen molar-refractivity contribution < 1.29 is 9.21 Å². The quantitative estimate of drug-likeness (QED) is 0.714. The molecule has 0 aromatic carbocycles. The molecule has 15 heavy (non-hydrogen) atoms. The van der Waals surface area contributed by atoms with Gasteiger partial charge in [-0.3, -0.25) is 9.48 Å². The van der Waals surface area contributed by atoms with E-state index in [4.69, 9.17) is 4.42 Å². The van der Waals surface area contributed by atoms with Crippen molar-refractivity contribution in [3.8, 4) is 0 Å². The van der Waals surface area contributed by atoms with E-state index >= 15 is 0 Å². The molecule has 0 saturated carbocycles. The van der Waals surface area contributed by atoms with Gasteiger partial charge in [-0.25, -0.2) is 0 Å². The fourth-order valence-electron chi connectivity index (χ4n) is 1.47. The second-order valence-corrected chi connectivity index (χ2v) is 3.34. The number of hydrogen-bond donors (Lipinski definition) is 0. The minimum absolute atomic E-state index is 0.0893. The maximum Gasteiger partial charge on any atom is 0.181 e. The lowest BCUT2D eigenvalue weighted by Crippen LogP contribution is -2.07. The molecule has 2 heterocycles. The first-order valence-electron chi connectivity index (χ1n) is 4.81. The summed E-state index contributed by atoms with van der Waals surface area (Å²) in [6, 6.07) is 5.42. The van der Waals surface area contributed by atoms with E-state index in [9.17, 15) is 4.79 Å². The second kappa shape index (κ2) is 4.13. The third kappa shape index (κ3) is 2.15. The highest BCUT2D eigenvalue weighted by Crippen LogP contribution is 2.08. The molecular formula is C11H12N2O2. The number of rotatable bonds is 4. The van der Waals surface area contributed by atoms with Crippen molar-refractivity contribution in [3.63, 3.8) is 0 Å². The monoisotopic (exact) mass is 204 g/mol. The highest BCUT2D eigenvalue weighted by molar-refractivity contribution is 5.94. The average Bonchev–Trinajstić information content (AvgIpc) is 2.84. The van der Waals surface area contributed by atoms with E-state index in [0.717, 1.165) is 5.76 Å². The third-order valence-electron chi connectivity index (χ3n) is 2.29. The van der Waals surface area contributed by atoms with Crippen LogP contribution in [0.1, 0.15) is 22.7 Å². The van der Waals surface area contributed by atoms with Gasteiger partial charge in [0.05, 0.1) is 6.26 Å². The summed E-state index contributed by atoms with van der Waals surface area (Å²) in [7, 11) is 1.76. The Morgan fingerprint density at radius 1 is 1.53 bits per heavy atom. The number of nitrogens with zero attached hydrogens (tertiary/aromatic N) is 2. The molecular weight excluding hydrogens is 192 g/mol. The first kappa shape index (κ1) is 9.71. The zero-order valence-corrected chi connectivity index (χ0v) is 8.51. The van der Waals surface area contributed by atoms with Gasteiger partial charge in [0.1, 0.15) is 11.5 Å². The van der Waals surface area contributed by atoms with Crippen molar-refractivity contribution in [2.24, 2.45) is 7.05 Å². The highest BCUT2D eigenvalue weighted by atomic mass is 16.3. The molecule has 2 aromatic heterocycles. The van der Waals surface area contributed by atoms with E-state index in [-0.39, 0.29) is 5.78 Å². The smallest absolute Gasteiger partial charge is 0.181 e. The van der Waals surface area contributed by atoms with E-state index in [1.165, 1.54) is 0 Å². The summed E-state index contributed by atoms with van der Waals surface area (Å²) >= 11 is 0. The van der Waals surface area contributed by atoms with Crippen LogP contribution in [0.25, 0.3) is 0 Å². The zero-order chi connectivity index (χ0) is 10.7. The number of carbonyl (C=O) groups excluding carboxylic acids is 1. The summed E-state index contributed by atoms with van der Waals surface area (Å²) < 4.78 is 6.74. The van der Waals surface area contributed by atoms with Crippen LogP contribution < -0.4 is 0 Å². The van der Waals surface area contributed by atoms with Gasteiger partial charge in [-0.15, -0.1) is 0 Å². The van der Waals surface area contributed by atoms with Gasteiger partial charge in [0.15, 0.2) is 5.78 Å². The number of aryl methyl sites for hydroxylation is 2. The van der Waals surface area contributed by atoms with Gasteiger partial charge in [-0.05, 0) is 18.2 Å². The van der Waals surface area contributed by atoms with Gasteiger partial charge in [0.2, 0.25) is 0 Å². The minimum Gasteiger partial charge on any atom is -0.469 e. The fourth-order valence-corrected chi connectivity index (χ4v) is 1.47. The molecule has 0 unspecified atom stereocenters. The largest absolute Gasteiger partial charge is 0.469 e. The van der Waals surface area contributed by atoms with Crippen LogP contribution in [0.5, 0.6) is 0 Å². The van der Waals surface area contributed by atoms with E-state index in [1.54, 1.807) is 30.3 Å². The molecule has 2 aromatic rings. The topological polar surface area (TPSA) is 48.0 Å². The molecule has 0 atom stereocenters. The number of aromatic nitrogens is 2. The molecule has 0 amide bonds. The zero-order valence-electron chi connectivity index (χ0n) is 8.51. The molecule has 0 bridgehead atoms. The maximum atomic E-state index is 11.7. The van der Waals surface area contributed by atoms with Gasteiger partial charge in [0.25, 0.3) is 0 Å². The molecule has 0 aliphatic heterocycles. The number of hydrogen-bond acceptors (Lipinski definition) is 3. The molecule has 0 saturated heterocycles. The van der Waals surface area contributed by atoms with Crippen molar-refractivity contribution in [2.75, 3.05) is 0 Å². The Labute approximate surface area is 87.5 Å². The fraction of sp³-hybridized carbons (Fsp3) is 0.273. The van der Waals surface area contributed by atoms with Gasteiger partial charge in [0, 0.05) is 26.1 Å². The summed E-state index contributed by atoms with van der Waals surface area (Å²) in [6.45, 7) is 0. The molecule has 0 fully saturated rings. The van der Waals surface area contributed by atoms with Crippen LogP contribution in [-0.4, -0.2) is 15.6 Å². The minimum atomic E-state index is 0.0893. The Balaban J connectivity index is 1.96. The Hall–Kier alpha value is -1.84. The van der Waals surface area contributed by atoms with Gasteiger partial charge < -0.3 is 4.42 Å². The second-order valence-electron chi connectivity index (χ2n) is 3.34. The van der Waals surface area contributed by atoms with E-state index in [1.807, 2.05) is 12.1 Å². The molecule has 4 nitrogen and oxygen atoms in total. The lowest BCUT2D eigenvalue weighted by Gasteiger charge is -1.99. The molecule has 0 aliphatic carbocycles. The maximum absolute atomic E-state index is 11.7. The Morgan fingerprint density at radius 2 is 2.40 bits per heavy atom. The first-order chi connectivity index (χ1) is 7.27. The van der Waals surface area contributed by atoms with Crippen LogP contribution in [0, 0.1) is 0 Å². The number of ketones is 1. The summed E-state index contributed by atoms with van der Waals surface area (Å²) in [4.78, 5) is 11.7. The van der Waals surface area contributed by atoms with Gasteiger partial charge in [-0.1, -0.05) is 0 Å². The molecule has 0 radical (unpaired) electrons. The summed E-state index contributed by atoms with van der Waals surface area (Å²) in [6.07, 6.45) is 4.33. The third-order valence-corrected chi connectivity index (χ3v) is 2.29. The van der Waals surface area contributed by atoms with Gasteiger partial charge >= 0.3 is 0 Å².